The van der Waals surface area contributed by atoms with Crippen LogP contribution in [-0.4, -0.2) is 25.2 Å². The van der Waals surface area contributed by atoms with Gasteiger partial charge in [0.15, 0.2) is 0 Å². The molecule has 34 heavy (non-hydrogen) atoms. The van der Waals surface area contributed by atoms with E-state index in [1.807, 2.05) is 27.7 Å². The molecule has 2 aromatic rings. The summed E-state index contributed by atoms with van der Waals surface area (Å²) in [6, 6.07) is 11.4. The molecule has 2 nitrogen and oxygen atoms in total. The lowest BCUT2D eigenvalue weighted by molar-refractivity contribution is -0.138. The second-order valence-corrected chi connectivity index (χ2v) is 7.72. The minimum Gasteiger partial charge on any atom is -0.314 e. The van der Waals surface area contributed by atoms with Gasteiger partial charge in [-0.3, -0.25) is 0 Å². The van der Waals surface area contributed by atoms with Crippen LogP contribution in [0.3, 0.4) is 0 Å². The lowest BCUT2D eigenvalue weighted by Crippen LogP contribution is -2.27. The molecule has 2 unspecified atom stereocenters. The Hall–Kier alpha value is -1.48. The molecule has 2 N–H and O–H groups in total. The minimum atomic E-state index is -4.25. The van der Waals surface area contributed by atoms with E-state index in [4.69, 9.17) is 0 Å². The van der Waals surface area contributed by atoms with Crippen molar-refractivity contribution in [3.63, 3.8) is 0 Å². The summed E-state index contributed by atoms with van der Waals surface area (Å²) in [6.07, 6.45) is -7.29. The third kappa shape index (κ3) is 13.4. The van der Waals surface area contributed by atoms with Crippen LogP contribution in [0.2, 0.25) is 0 Å². The normalized spacial score (nSPS) is 13.0. The van der Waals surface area contributed by atoms with Crippen LogP contribution in [-0.2, 0) is 25.2 Å². The molecule has 196 valence electrons. The summed E-state index contributed by atoms with van der Waals surface area (Å²) in [6.45, 7) is 9.51. The quantitative estimate of drug-likeness (QED) is 0.346. The third-order valence-electron chi connectivity index (χ3n) is 4.70. The van der Waals surface area contributed by atoms with E-state index < -0.39 is 23.5 Å². The smallest absolute Gasteiger partial charge is 0.314 e. The molecular formula is C24H34Cl2F6N2. The van der Waals surface area contributed by atoms with Crippen LogP contribution in [0.5, 0.6) is 0 Å². The minimum absolute atomic E-state index is 0. The molecular weight excluding hydrogens is 501 g/mol. The van der Waals surface area contributed by atoms with E-state index in [2.05, 4.69) is 10.6 Å². The molecule has 0 bridgehead atoms. The molecule has 0 fully saturated rings. The summed E-state index contributed by atoms with van der Waals surface area (Å²) in [7, 11) is 0. The van der Waals surface area contributed by atoms with Crippen molar-refractivity contribution in [1.29, 1.82) is 0 Å². The van der Waals surface area contributed by atoms with Crippen molar-refractivity contribution in [3.05, 3.63) is 70.8 Å². The number of hydrogen-bond acceptors (Lipinski definition) is 2. The molecule has 2 atom stereocenters. The molecule has 2 aromatic carbocycles. The van der Waals surface area contributed by atoms with Crippen molar-refractivity contribution in [2.75, 3.05) is 13.1 Å². The highest BCUT2D eigenvalue weighted by Crippen LogP contribution is 2.30. The van der Waals surface area contributed by atoms with Gasteiger partial charge in [-0.25, -0.2) is 0 Å². The van der Waals surface area contributed by atoms with Crippen LogP contribution in [0.25, 0.3) is 0 Å². The number of rotatable bonds is 8. The highest BCUT2D eigenvalue weighted by molar-refractivity contribution is 5.85. The van der Waals surface area contributed by atoms with Crippen molar-refractivity contribution < 1.29 is 26.3 Å². The first-order valence-electron chi connectivity index (χ1n) is 10.7. The maximum absolute atomic E-state index is 12.4. The molecule has 0 saturated carbocycles. The van der Waals surface area contributed by atoms with Gasteiger partial charge in [-0.05, 0) is 63.0 Å². The lowest BCUT2D eigenvalue weighted by Gasteiger charge is -2.13. The van der Waals surface area contributed by atoms with Crippen LogP contribution < -0.4 is 10.6 Å². The Bertz CT molecular complexity index is 745. The largest absolute Gasteiger partial charge is 0.416 e. The van der Waals surface area contributed by atoms with E-state index >= 15 is 0 Å². The standard InChI is InChI=1S/2C12H16F3N.2ClH/c2*1-3-16-9(2)7-10-5-4-6-11(8-10)12(13,14)15;;/h2*4-6,8-9,16H,3,7H2,1-2H3;2*1H. The summed E-state index contributed by atoms with van der Waals surface area (Å²) < 4.78 is 74.6. The SMILES string of the molecule is CCNC(C)Cc1cccc(C(F)(F)F)c1.CCNC(C)Cc1cccc(C(F)(F)F)c1.Cl.Cl. The molecule has 0 radical (unpaired) electrons. The van der Waals surface area contributed by atoms with Crippen molar-refractivity contribution in [2.45, 2.75) is 65.0 Å². The molecule has 0 spiro atoms. The van der Waals surface area contributed by atoms with E-state index in [9.17, 15) is 26.3 Å². The van der Waals surface area contributed by atoms with Crippen LogP contribution >= 0.6 is 24.8 Å². The predicted molar refractivity (Wildman–Crippen MR) is 131 cm³/mol. The fourth-order valence-corrected chi connectivity index (χ4v) is 3.30. The summed E-state index contributed by atoms with van der Waals surface area (Å²) in [5.74, 6) is 0. The Morgan fingerprint density at radius 1 is 0.647 bits per heavy atom. The monoisotopic (exact) mass is 534 g/mol. The Labute approximate surface area is 210 Å². The first-order chi connectivity index (χ1) is 14.9. The highest BCUT2D eigenvalue weighted by atomic mass is 35.5. The van der Waals surface area contributed by atoms with Gasteiger partial charge < -0.3 is 10.6 Å². The average molecular weight is 535 g/mol. The van der Waals surface area contributed by atoms with Crippen LogP contribution in [0.4, 0.5) is 26.3 Å². The second kappa shape index (κ2) is 16.2. The van der Waals surface area contributed by atoms with Crippen molar-refractivity contribution in [2.24, 2.45) is 0 Å². The first-order valence-corrected chi connectivity index (χ1v) is 10.7. The van der Waals surface area contributed by atoms with Gasteiger partial charge >= 0.3 is 12.4 Å². The van der Waals surface area contributed by atoms with Gasteiger partial charge in [-0.1, -0.05) is 50.2 Å². The van der Waals surface area contributed by atoms with E-state index in [1.54, 1.807) is 12.1 Å². The predicted octanol–water partition coefficient (Wildman–Crippen LogP) is 7.34. The van der Waals surface area contributed by atoms with Crippen molar-refractivity contribution >= 4 is 24.8 Å². The average Bonchev–Trinajstić information content (AvgIpc) is 2.68. The first kappa shape index (κ1) is 34.7. The summed E-state index contributed by atoms with van der Waals surface area (Å²) in [5.41, 5.74) is 0.272. The van der Waals surface area contributed by atoms with Crippen LogP contribution in [0.1, 0.15) is 49.9 Å². The maximum Gasteiger partial charge on any atom is 0.416 e. The molecule has 0 aromatic heterocycles. The molecule has 0 heterocycles. The topological polar surface area (TPSA) is 24.1 Å². The molecule has 2 rings (SSSR count). The fraction of sp³-hybridized carbons (Fsp3) is 0.500. The number of halogens is 8. The highest BCUT2D eigenvalue weighted by Gasteiger charge is 2.31. The number of likely N-dealkylation sites (N-methyl/N-ethyl adjacent to an activating group) is 2. The van der Waals surface area contributed by atoms with E-state index in [0.717, 1.165) is 25.2 Å². The molecule has 0 aliphatic heterocycles. The van der Waals surface area contributed by atoms with E-state index in [0.29, 0.717) is 24.0 Å². The van der Waals surface area contributed by atoms with Crippen molar-refractivity contribution in [3.8, 4) is 0 Å². The van der Waals surface area contributed by atoms with Crippen molar-refractivity contribution in [1.82, 2.24) is 10.6 Å². The Kier molecular flexibility index (Phi) is 16.6. The van der Waals surface area contributed by atoms with Gasteiger partial charge in [0, 0.05) is 12.1 Å². The van der Waals surface area contributed by atoms with Gasteiger partial charge in [0.1, 0.15) is 0 Å². The Morgan fingerprint density at radius 2 is 0.971 bits per heavy atom. The summed E-state index contributed by atoms with van der Waals surface area (Å²) in [5, 5.41) is 6.34. The zero-order chi connectivity index (χ0) is 24.4. The van der Waals surface area contributed by atoms with Gasteiger partial charge in [-0.2, -0.15) is 26.3 Å². The summed E-state index contributed by atoms with van der Waals surface area (Å²) >= 11 is 0. The molecule has 0 saturated heterocycles. The fourth-order valence-electron chi connectivity index (χ4n) is 3.30. The molecule has 0 amide bonds. The molecule has 0 aliphatic carbocycles. The number of alkyl halides is 6. The zero-order valence-corrected chi connectivity index (χ0v) is 21.3. The van der Waals surface area contributed by atoms with E-state index in [1.165, 1.54) is 24.3 Å². The molecule has 0 aliphatic rings. The number of benzene rings is 2. The van der Waals surface area contributed by atoms with E-state index in [-0.39, 0.29) is 36.9 Å². The molecule has 10 heteroatoms. The third-order valence-corrected chi connectivity index (χ3v) is 4.70. The second-order valence-electron chi connectivity index (χ2n) is 7.72. The lowest BCUT2D eigenvalue weighted by atomic mass is 10.0. The van der Waals surface area contributed by atoms with Gasteiger partial charge in [0.2, 0.25) is 0 Å². The van der Waals surface area contributed by atoms with Gasteiger partial charge in [0.25, 0.3) is 0 Å². The van der Waals surface area contributed by atoms with Crippen LogP contribution in [0.15, 0.2) is 48.5 Å². The van der Waals surface area contributed by atoms with Gasteiger partial charge in [0.05, 0.1) is 11.1 Å². The Morgan fingerprint density at radius 3 is 1.24 bits per heavy atom. The number of hydrogen-bond donors (Lipinski definition) is 2. The Balaban J connectivity index is 0. The van der Waals surface area contributed by atoms with Gasteiger partial charge in [-0.15, -0.1) is 24.8 Å². The maximum atomic E-state index is 12.4. The van der Waals surface area contributed by atoms with Crippen LogP contribution in [0, 0.1) is 0 Å². The summed E-state index contributed by atoms with van der Waals surface area (Å²) in [4.78, 5) is 0. The zero-order valence-electron chi connectivity index (χ0n) is 19.7. The number of nitrogens with one attached hydrogen (secondary N) is 2.